The van der Waals surface area contributed by atoms with Crippen LogP contribution in [0.1, 0.15) is 39.5 Å². The molecule has 0 spiro atoms. The van der Waals surface area contributed by atoms with Gasteiger partial charge in [0.2, 0.25) is 0 Å². The fourth-order valence-electron chi connectivity index (χ4n) is 1.04. The summed E-state index contributed by atoms with van der Waals surface area (Å²) in [5.74, 6) is -0.667. The second-order valence-electron chi connectivity index (χ2n) is 3.37. The molecule has 0 amide bonds. The Hall–Kier alpha value is -0.0500. The van der Waals surface area contributed by atoms with E-state index >= 15 is 0 Å². The molecule has 0 saturated heterocycles. The Balaban J connectivity index is 3.88. The molecule has 1 unspecified atom stereocenters. The van der Waals surface area contributed by atoms with Crippen molar-refractivity contribution in [2.75, 3.05) is 5.33 Å². The minimum Gasteiger partial charge on any atom is -0.481 e. The smallest absolute Gasteiger partial charge is 0.309 e. The van der Waals surface area contributed by atoms with Crippen molar-refractivity contribution < 1.29 is 9.90 Å². The Labute approximate surface area is 82.5 Å². The molecule has 0 aliphatic carbocycles. The quantitative estimate of drug-likeness (QED) is 0.569. The van der Waals surface area contributed by atoms with E-state index in [4.69, 9.17) is 5.11 Å². The van der Waals surface area contributed by atoms with E-state index in [1.165, 1.54) is 0 Å². The lowest BCUT2D eigenvalue weighted by Crippen LogP contribution is -2.26. The van der Waals surface area contributed by atoms with Gasteiger partial charge in [0.15, 0.2) is 0 Å². The summed E-state index contributed by atoms with van der Waals surface area (Å²) in [6.07, 6.45) is 3.54. The van der Waals surface area contributed by atoms with Crippen LogP contribution in [0.25, 0.3) is 0 Å². The van der Waals surface area contributed by atoms with Crippen LogP contribution < -0.4 is 0 Å². The molecule has 0 aliphatic rings. The van der Waals surface area contributed by atoms with E-state index in [1.807, 2.05) is 13.8 Å². The third-order valence-corrected chi connectivity index (χ3v) is 2.97. The fraction of sp³-hybridized carbons (Fsp3) is 0.889. The summed E-state index contributed by atoms with van der Waals surface area (Å²) in [7, 11) is 0. The molecule has 1 N–H and O–H groups in total. The molecule has 0 bridgehead atoms. The maximum Gasteiger partial charge on any atom is 0.309 e. The van der Waals surface area contributed by atoms with Gasteiger partial charge in [-0.05, 0) is 26.2 Å². The molecule has 2 nitrogen and oxygen atoms in total. The predicted octanol–water partition coefficient (Wildman–Crippen LogP) is 3.05. The zero-order valence-electron chi connectivity index (χ0n) is 7.77. The number of hydrogen-bond acceptors (Lipinski definition) is 1. The van der Waals surface area contributed by atoms with E-state index in [9.17, 15) is 4.79 Å². The first-order valence-electron chi connectivity index (χ1n) is 4.36. The zero-order chi connectivity index (χ0) is 9.61. The zero-order valence-corrected chi connectivity index (χ0v) is 9.35. The van der Waals surface area contributed by atoms with Gasteiger partial charge in [-0.3, -0.25) is 4.79 Å². The molecule has 0 aromatic rings. The number of halogens is 1. The first-order valence-corrected chi connectivity index (χ1v) is 5.48. The fourth-order valence-corrected chi connectivity index (χ4v) is 1.44. The van der Waals surface area contributed by atoms with Crippen LogP contribution in [0, 0.1) is 5.41 Å². The minimum atomic E-state index is -0.667. The van der Waals surface area contributed by atoms with Crippen molar-refractivity contribution in [1.29, 1.82) is 0 Å². The molecule has 0 aromatic heterocycles. The molecule has 12 heavy (non-hydrogen) atoms. The molecule has 0 rings (SSSR count). The number of carboxylic acid groups (broad SMARTS) is 1. The number of alkyl halides is 1. The van der Waals surface area contributed by atoms with Crippen molar-refractivity contribution in [2.24, 2.45) is 5.41 Å². The largest absolute Gasteiger partial charge is 0.481 e. The van der Waals surface area contributed by atoms with Gasteiger partial charge in [-0.25, -0.2) is 0 Å². The van der Waals surface area contributed by atoms with Crippen LogP contribution in [0.3, 0.4) is 0 Å². The molecule has 0 aromatic carbocycles. The van der Waals surface area contributed by atoms with Crippen LogP contribution in [0.15, 0.2) is 0 Å². The molecule has 0 radical (unpaired) electrons. The summed E-state index contributed by atoms with van der Waals surface area (Å²) >= 11 is 3.33. The van der Waals surface area contributed by atoms with Crippen molar-refractivity contribution in [3.63, 3.8) is 0 Å². The van der Waals surface area contributed by atoms with E-state index in [0.717, 1.165) is 24.6 Å². The standard InChI is InChI=1S/C9H17BrO2/c1-3-9(2,8(11)12)6-4-5-7-10/h3-7H2,1-2H3,(H,11,12). The average Bonchev–Trinajstić information content (AvgIpc) is 2.04. The molecule has 3 heteroatoms. The van der Waals surface area contributed by atoms with Gasteiger partial charge in [0, 0.05) is 5.33 Å². The van der Waals surface area contributed by atoms with Crippen molar-refractivity contribution in [1.82, 2.24) is 0 Å². The number of rotatable bonds is 6. The van der Waals surface area contributed by atoms with Crippen LogP contribution in [-0.2, 0) is 4.79 Å². The van der Waals surface area contributed by atoms with Crippen molar-refractivity contribution in [3.05, 3.63) is 0 Å². The highest BCUT2D eigenvalue weighted by atomic mass is 79.9. The van der Waals surface area contributed by atoms with E-state index < -0.39 is 11.4 Å². The molecule has 1 atom stereocenters. The van der Waals surface area contributed by atoms with Crippen molar-refractivity contribution >= 4 is 21.9 Å². The van der Waals surface area contributed by atoms with Gasteiger partial charge in [0.1, 0.15) is 0 Å². The van der Waals surface area contributed by atoms with Gasteiger partial charge < -0.3 is 5.11 Å². The van der Waals surface area contributed by atoms with Gasteiger partial charge >= 0.3 is 5.97 Å². The Morgan fingerprint density at radius 3 is 2.42 bits per heavy atom. The number of carboxylic acids is 1. The van der Waals surface area contributed by atoms with Crippen molar-refractivity contribution in [3.8, 4) is 0 Å². The lowest BCUT2D eigenvalue weighted by molar-refractivity contribution is -0.148. The van der Waals surface area contributed by atoms with Crippen molar-refractivity contribution in [2.45, 2.75) is 39.5 Å². The van der Waals surface area contributed by atoms with E-state index in [0.29, 0.717) is 6.42 Å². The highest BCUT2D eigenvalue weighted by molar-refractivity contribution is 9.09. The Morgan fingerprint density at radius 1 is 1.50 bits per heavy atom. The second-order valence-corrected chi connectivity index (χ2v) is 4.16. The maximum atomic E-state index is 10.8. The molecule has 0 saturated carbocycles. The summed E-state index contributed by atoms with van der Waals surface area (Å²) in [5.41, 5.74) is -0.512. The summed E-state index contributed by atoms with van der Waals surface area (Å²) in [6.45, 7) is 3.76. The molecule has 72 valence electrons. The van der Waals surface area contributed by atoms with Gasteiger partial charge in [-0.1, -0.05) is 29.3 Å². The van der Waals surface area contributed by atoms with Gasteiger partial charge in [-0.2, -0.15) is 0 Å². The summed E-state index contributed by atoms with van der Waals surface area (Å²) in [5, 5.41) is 9.88. The molecule has 0 heterocycles. The second kappa shape index (κ2) is 5.57. The molecular formula is C9H17BrO2. The summed E-state index contributed by atoms with van der Waals surface area (Å²) < 4.78 is 0. The lowest BCUT2D eigenvalue weighted by Gasteiger charge is -2.22. The SMILES string of the molecule is CCC(C)(CCCCBr)C(=O)O. The Kier molecular flexibility index (Phi) is 5.55. The van der Waals surface area contributed by atoms with Crippen LogP contribution in [0.2, 0.25) is 0 Å². The Morgan fingerprint density at radius 2 is 2.08 bits per heavy atom. The normalized spacial score (nSPS) is 15.6. The lowest BCUT2D eigenvalue weighted by atomic mass is 9.82. The minimum absolute atomic E-state index is 0.512. The average molecular weight is 237 g/mol. The number of unbranched alkanes of at least 4 members (excludes halogenated alkanes) is 1. The van der Waals surface area contributed by atoms with Gasteiger partial charge in [0.25, 0.3) is 0 Å². The summed E-state index contributed by atoms with van der Waals surface area (Å²) in [4.78, 5) is 10.8. The van der Waals surface area contributed by atoms with Crippen LogP contribution in [0.4, 0.5) is 0 Å². The topological polar surface area (TPSA) is 37.3 Å². The number of aliphatic carboxylic acids is 1. The van der Waals surface area contributed by atoms with Crippen LogP contribution in [0.5, 0.6) is 0 Å². The highest BCUT2D eigenvalue weighted by Crippen LogP contribution is 2.28. The highest BCUT2D eigenvalue weighted by Gasteiger charge is 2.29. The van der Waals surface area contributed by atoms with Crippen LogP contribution in [-0.4, -0.2) is 16.4 Å². The van der Waals surface area contributed by atoms with E-state index in [2.05, 4.69) is 15.9 Å². The van der Waals surface area contributed by atoms with E-state index in [1.54, 1.807) is 0 Å². The van der Waals surface area contributed by atoms with E-state index in [-0.39, 0.29) is 0 Å². The molecule has 0 aliphatic heterocycles. The van der Waals surface area contributed by atoms with Gasteiger partial charge in [0.05, 0.1) is 5.41 Å². The summed E-state index contributed by atoms with van der Waals surface area (Å²) in [6, 6.07) is 0. The monoisotopic (exact) mass is 236 g/mol. The number of carbonyl (C=O) groups is 1. The first kappa shape index (κ1) is 11.9. The molecule has 0 fully saturated rings. The number of hydrogen-bond donors (Lipinski definition) is 1. The third-order valence-electron chi connectivity index (χ3n) is 2.41. The predicted molar refractivity (Wildman–Crippen MR) is 53.7 cm³/mol. The van der Waals surface area contributed by atoms with Gasteiger partial charge in [-0.15, -0.1) is 0 Å². The Bertz CT molecular complexity index is 147. The third kappa shape index (κ3) is 3.57. The maximum absolute atomic E-state index is 10.8. The molecular weight excluding hydrogens is 220 g/mol. The first-order chi connectivity index (χ1) is 5.56. The van der Waals surface area contributed by atoms with Crippen LogP contribution >= 0.6 is 15.9 Å².